The second-order valence-electron chi connectivity index (χ2n) is 3.69. The topological polar surface area (TPSA) is 89.8 Å². The number of hydrogen-bond acceptors (Lipinski definition) is 5. The first-order valence-electron chi connectivity index (χ1n) is 5.12. The number of carbonyl (C=O) groups is 2. The van der Waals surface area contributed by atoms with E-state index >= 15 is 0 Å². The number of nitro groups is 1. The van der Waals surface area contributed by atoms with Crippen LogP contribution in [0.3, 0.4) is 0 Å². The molecule has 0 saturated heterocycles. The molecule has 0 aliphatic rings. The number of halogens is 1. The van der Waals surface area contributed by atoms with Gasteiger partial charge in [-0.05, 0) is 6.07 Å². The van der Waals surface area contributed by atoms with Crippen LogP contribution in [0.5, 0.6) is 0 Å². The number of hydrogen-bond donors (Lipinski definition) is 0. The molecule has 0 radical (unpaired) electrons. The van der Waals surface area contributed by atoms with Crippen LogP contribution in [-0.4, -0.2) is 42.4 Å². The Bertz CT molecular complexity index is 532. The summed E-state index contributed by atoms with van der Waals surface area (Å²) < 4.78 is 4.86. The summed E-state index contributed by atoms with van der Waals surface area (Å²) in [6.07, 6.45) is 0. The van der Waals surface area contributed by atoms with Crippen molar-refractivity contribution in [3.8, 4) is 0 Å². The molecule has 1 aromatic rings. The third-order valence-electron chi connectivity index (χ3n) is 2.28. The van der Waals surface area contributed by atoms with E-state index in [9.17, 15) is 19.7 Å². The summed E-state index contributed by atoms with van der Waals surface area (Å²) >= 11 is 3.10. The predicted octanol–water partition coefficient (Wildman–Crippen LogP) is 1.60. The molecule has 1 aromatic carbocycles. The molecule has 0 spiro atoms. The molecule has 0 bridgehead atoms. The first kappa shape index (κ1) is 15.1. The van der Waals surface area contributed by atoms with Gasteiger partial charge in [-0.3, -0.25) is 19.7 Å². The first-order valence-corrected chi connectivity index (χ1v) is 5.91. The Kier molecular flexibility index (Phi) is 4.99. The van der Waals surface area contributed by atoms with Gasteiger partial charge in [0.15, 0.2) is 0 Å². The number of rotatable bonds is 4. The van der Waals surface area contributed by atoms with Crippen molar-refractivity contribution in [2.45, 2.75) is 0 Å². The van der Waals surface area contributed by atoms with Crippen LogP contribution in [0.1, 0.15) is 10.4 Å². The van der Waals surface area contributed by atoms with Crippen LogP contribution in [-0.2, 0) is 9.53 Å². The van der Waals surface area contributed by atoms with Gasteiger partial charge in [-0.2, -0.15) is 0 Å². The van der Waals surface area contributed by atoms with Crippen molar-refractivity contribution < 1.29 is 19.2 Å². The van der Waals surface area contributed by atoms with E-state index < -0.39 is 16.8 Å². The molecule has 7 nitrogen and oxygen atoms in total. The molecule has 0 N–H and O–H groups in total. The highest BCUT2D eigenvalue weighted by molar-refractivity contribution is 9.10. The number of carbonyl (C=O) groups excluding carboxylic acids is 2. The molecule has 0 aliphatic heterocycles. The second-order valence-corrected chi connectivity index (χ2v) is 4.61. The van der Waals surface area contributed by atoms with Gasteiger partial charge < -0.3 is 9.64 Å². The minimum Gasteiger partial charge on any atom is -0.468 e. The van der Waals surface area contributed by atoms with E-state index in [1.165, 1.54) is 26.3 Å². The maximum absolute atomic E-state index is 12.0. The number of amides is 1. The van der Waals surface area contributed by atoms with Gasteiger partial charge in [-0.25, -0.2) is 0 Å². The Balaban J connectivity index is 2.99. The van der Waals surface area contributed by atoms with Gasteiger partial charge in [0.05, 0.1) is 12.0 Å². The number of ether oxygens (including phenoxy) is 1. The summed E-state index contributed by atoms with van der Waals surface area (Å²) in [5.74, 6) is -1.07. The van der Waals surface area contributed by atoms with Crippen molar-refractivity contribution in [1.82, 2.24) is 4.90 Å². The predicted molar refractivity (Wildman–Crippen MR) is 69.8 cm³/mol. The average Bonchev–Trinajstić information content (AvgIpc) is 2.36. The van der Waals surface area contributed by atoms with E-state index in [0.29, 0.717) is 4.47 Å². The van der Waals surface area contributed by atoms with E-state index in [2.05, 4.69) is 20.7 Å². The van der Waals surface area contributed by atoms with Crippen LogP contribution in [0.2, 0.25) is 0 Å². The standard InChI is InChI=1S/C11H11BrN2O5/c1-13(6-10(15)19-2)11(16)7-3-8(12)5-9(4-7)14(17)18/h3-5H,6H2,1-2H3. The van der Waals surface area contributed by atoms with E-state index in [0.717, 1.165) is 11.0 Å². The molecule has 8 heteroatoms. The monoisotopic (exact) mass is 330 g/mol. The number of benzene rings is 1. The molecule has 1 amide bonds. The Morgan fingerprint density at radius 1 is 1.42 bits per heavy atom. The summed E-state index contributed by atoms with van der Waals surface area (Å²) in [7, 11) is 2.62. The first-order chi connectivity index (χ1) is 8.85. The molecule has 102 valence electrons. The zero-order chi connectivity index (χ0) is 14.6. The molecule has 0 unspecified atom stereocenters. The van der Waals surface area contributed by atoms with E-state index in [1.807, 2.05) is 0 Å². The van der Waals surface area contributed by atoms with E-state index in [1.54, 1.807) is 0 Å². The van der Waals surface area contributed by atoms with Crippen LogP contribution in [0.4, 0.5) is 5.69 Å². The van der Waals surface area contributed by atoms with Crippen LogP contribution in [0, 0.1) is 10.1 Å². The quantitative estimate of drug-likeness (QED) is 0.475. The lowest BCUT2D eigenvalue weighted by Gasteiger charge is -2.15. The summed E-state index contributed by atoms with van der Waals surface area (Å²) in [5, 5.41) is 10.7. The van der Waals surface area contributed by atoms with Gasteiger partial charge in [0.2, 0.25) is 0 Å². The number of nitrogens with zero attached hydrogens (tertiary/aromatic N) is 2. The number of non-ortho nitro benzene ring substituents is 1. The molecule has 0 aliphatic carbocycles. The molecule has 0 fully saturated rings. The van der Waals surface area contributed by atoms with Gasteiger partial charge in [0, 0.05) is 29.2 Å². The van der Waals surface area contributed by atoms with Gasteiger partial charge in [-0.15, -0.1) is 0 Å². The zero-order valence-electron chi connectivity index (χ0n) is 10.3. The largest absolute Gasteiger partial charge is 0.468 e. The summed E-state index contributed by atoms with van der Waals surface area (Å²) in [6, 6.07) is 3.89. The normalized spacial score (nSPS) is 9.84. The van der Waals surface area contributed by atoms with Crippen molar-refractivity contribution in [3.63, 3.8) is 0 Å². The minimum atomic E-state index is -0.595. The van der Waals surface area contributed by atoms with Gasteiger partial charge in [-0.1, -0.05) is 15.9 Å². The molecular weight excluding hydrogens is 320 g/mol. The van der Waals surface area contributed by atoms with Crippen LogP contribution < -0.4 is 0 Å². The van der Waals surface area contributed by atoms with Crippen LogP contribution in [0.25, 0.3) is 0 Å². The highest BCUT2D eigenvalue weighted by atomic mass is 79.9. The van der Waals surface area contributed by atoms with Crippen molar-refractivity contribution in [2.24, 2.45) is 0 Å². The summed E-state index contributed by atoms with van der Waals surface area (Å²) in [5.41, 5.74) is -0.0864. The van der Waals surface area contributed by atoms with Gasteiger partial charge >= 0.3 is 5.97 Å². The Labute approximate surface area is 117 Å². The van der Waals surface area contributed by atoms with Gasteiger partial charge in [0.25, 0.3) is 11.6 Å². The fourth-order valence-corrected chi connectivity index (χ4v) is 1.83. The summed E-state index contributed by atoms with van der Waals surface area (Å²) in [4.78, 5) is 34.3. The van der Waals surface area contributed by atoms with Crippen molar-refractivity contribution in [1.29, 1.82) is 0 Å². The van der Waals surface area contributed by atoms with Crippen molar-refractivity contribution in [2.75, 3.05) is 20.7 Å². The van der Waals surface area contributed by atoms with Crippen molar-refractivity contribution >= 4 is 33.5 Å². The lowest BCUT2D eigenvalue weighted by molar-refractivity contribution is -0.385. The van der Waals surface area contributed by atoms with Crippen molar-refractivity contribution in [3.05, 3.63) is 38.3 Å². The molecule has 0 aromatic heterocycles. The molecule has 19 heavy (non-hydrogen) atoms. The Hall–Kier alpha value is -1.96. The lowest BCUT2D eigenvalue weighted by Crippen LogP contribution is -2.32. The highest BCUT2D eigenvalue weighted by Crippen LogP contribution is 2.22. The van der Waals surface area contributed by atoms with Gasteiger partial charge in [0.1, 0.15) is 6.54 Å². The molecule has 0 heterocycles. The number of nitro benzene ring substituents is 1. The van der Waals surface area contributed by atoms with Crippen LogP contribution in [0.15, 0.2) is 22.7 Å². The molecule has 1 rings (SSSR count). The number of likely N-dealkylation sites (N-methyl/N-ethyl adjacent to an activating group) is 1. The maximum Gasteiger partial charge on any atom is 0.325 e. The SMILES string of the molecule is COC(=O)CN(C)C(=O)c1cc(Br)cc([N+](=O)[O-])c1. The zero-order valence-corrected chi connectivity index (χ0v) is 11.8. The number of esters is 1. The van der Waals surface area contributed by atoms with Crippen LogP contribution >= 0.6 is 15.9 Å². The molecule has 0 saturated carbocycles. The fourth-order valence-electron chi connectivity index (χ4n) is 1.35. The van der Waals surface area contributed by atoms with E-state index in [-0.39, 0.29) is 17.8 Å². The molecular formula is C11H11BrN2O5. The second kappa shape index (κ2) is 6.28. The fraction of sp³-hybridized carbons (Fsp3) is 0.273. The third-order valence-corrected chi connectivity index (χ3v) is 2.74. The Morgan fingerprint density at radius 3 is 2.58 bits per heavy atom. The Morgan fingerprint density at radius 2 is 2.05 bits per heavy atom. The highest BCUT2D eigenvalue weighted by Gasteiger charge is 2.18. The lowest BCUT2D eigenvalue weighted by atomic mass is 10.2. The summed E-state index contributed by atoms with van der Waals surface area (Å²) in [6.45, 7) is -0.227. The smallest absolute Gasteiger partial charge is 0.325 e. The maximum atomic E-state index is 12.0. The third kappa shape index (κ3) is 4.02. The number of methoxy groups -OCH3 is 1. The minimum absolute atomic E-state index is 0.118. The molecule has 0 atom stereocenters. The average molecular weight is 331 g/mol. The van der Waals surface area contributed by atoms with E-state index in [4.69, 9.17) is 0 Å².